The van der Waals surface area contributed by atoms with E-state index in [1.165, 1.54) is 15.9 Å². The highest BCUT2D eigenvalue weighted by Crippen LogP contribution is 2.36. The molecule has 3 aromatic carbocycles. The summed E-state index contributed by atoms with van der Waals surface area (Å²) in [5, 5.41) is 5.10. The highest BCUT2D eigenvalue weighted by Gasteiger charge is 2.34. The number of halogens is 1. The van der Waals surface area contributed by atoms with Crippen molar-refractivity contribution in [3.8, 4) is 17.1 Å². The van der Waals surface area contributed by atoms with E-state index < -0.39 is 0 Å². The Kier molecular flexibility index (Phi) is 6.43. The Morgan fingerprint density at radius 3 is 2.47 bits per heavy atom. The lowest BCUT2D eigenvalue weighted by molar-refractivity contribution is -0.113. The molecule has 0 unspecified atom stereocenters. The second-order valence-corrected chi connectivity index (χ2v) is 10.4. The van der Waals surface area contributed by atoms with Crippen molar-refractivity contribution in [3.63, 3.8) is 0 Å². The Labute approximate surface area is 227 Å². The maximum absolute atomic E-state index is 13.7. The van der Waals surface area contributed by atoms with Crippen molar-refractivity contribution in [1.29, 1.82) is 0 Å². The first kappa shape index (κ1) is 24.3. The molecule has 5 aromatic rings. The predicted molar refractivity (Wildman–Crippen MR) is 150 cm³/mol. The molecule has 6 rings (SSSR count). The number of fused-ring (bicyclic) bond motifs is 2. The zero-order valence-corrected chi connectivity index (χ0v) is 22.1. The van der Waals surface area contributed by atoms with Crippen LogP contribution < -0.4 is 19.7 Å². The average Bonchev–Trinajstić information content (AvgIpc) is 3.57. The van der Waals surface area contributed by atoms with Crippen LogP contribution in [-0.2, 0) is 11.3 Å². The average molecular weight is 543 g/mol. The first-order chi connectivity index (χ1) is 18.5. The van der Waals surface area contributed by atoms with Gasteiger partial charge < -0.3 is 9.64 Å². The third-order valence-corrected chi connectivity index (χ3v) is 7.72. The van der Waals surface area contributed by atoms with E-state index in [4.69, 9.17) is 16.3 Å². The number of ether oxygens (including phenoxy) is 1. The van der Waals surface area contributed by atoms with Crippen molar-refractivity contribution in [1.82, 2.24) is 14.6 Å². The smallest absolute Gasteiger partial charge is 0.291 e. The molecule has 7 nitrogen and oxygen atoms in total. The van der Waals surface area contributed by atoms with Gasteiger partial charge in [0.05, 0.1) is 24.4 Å². The van der Waals surface area contributed by atoms with Gasteiger partial charge in [0.15, 0.2) is 5.82 Å². The Morgan fingerprint density at radius 1 is 0.974 bits per heavy atom. The quantitative estimate of drug-likeness (QED) is 0.267. The molecule has 190 valence electrons. The molecule has 1 aliphatic rings. The molecule has 38 heavy (non-hydrogen) atoms. The second-order valence-electron chi connectivity index (χ2n) is 9.00. The first-order valence-corrected chi connectivity index (χ1v) is 13.6. The van der Waals surface area contributed by atoms with Gasteiger partial charge in [-0.3, -0.25) is 9.59 Å². The van der Waals surface area contributed by atoms with Gasteiger partial charge in [0.1, 0.15) is 10.3 Å². The highest BCUT2D eigenvalue weighted by atomic mass is 35.5. The van der Waals surface area contributed by atoms with Crippen LogP contribution in [0.2, 0.25) is 5.02 Å². The number of benzene rings is 3. The number of unbranched alkanes of at least 4 members (excludes halogenated alkanes) is 1. The molecule has 0 fully saturated rings. The maximum atomic E-state index is 13.7. The lowest BCUT2D eigenvalue weighted by Crippen LogP contribution is -2.32. The van der Waals surface area contributed by atoms with Crippen molar-refractivity contribution in [2.75, 3.05) is 11.5 Å². The van der Waals surface area contributed by atoms with Crippen LogP contribution in [0.3, 0.4) is 0 Å². The zero-order chi connectivity index (χ0) is 26.2. The molecule has 2 aromatic heterocycles. The van der Waals surface area contributed by atoms with E-state index in [-0.39, 0.29) is 11.5 Å². The Morgan fingerprint density at radius 2 is 1.74 bits per heavy atom. The summed E-state index contributed by atoms with van der Waals surface area (Å²) < 4.78 is 7.34. The van der Waals surface area contributed by atoms with Crippen molar-refractivity contribution < 1.29 is 9.53 Å². The molecular formula is C29H23ClN4O3S. The van der Waals surface area contributed by atoms with Gasteiger partial charge in [0.2, 0.25) is 4.96 Å². The van der Waals surface area contributed by atoms with E-state index in [1.54, 1.807) is 17.0 Å². The van der Waals surface area contributed by atoms with E-state index in [0.717, 1.165) is 41.0 Å². The van der Waals surface area contributed by atoms with E-state index in [9.17, 15) is 9.59 Å². The van der Waals surface area contributed by atoms with Crippen LogP contribution in [0, 0.1) is 0 Å². The van der Waals surface area contributed by atoms with Crippen molar-refractivity contribution in [3.05, 3.63) is 104 Å². The predicted octanol–water partition coefficient (Wildman–Crippen LogP) is 5.12. The van der Waals surface area contributed by atoms with Crippen LogP contribution in [0.4, 0.5) is 5.69 Å². The largest absolute Gasteiger partial charge is 0.494 e. The minimum Gasteiger partial charge on any atom is -0.494 e. The van der Waals surface area contributed by atoms with Crippen LogP contribution in [-0.4, -0.2) is 27.1 Å². The molecule has 0 atom stereocenters. The molecule has 0 saturated carbocycles. The lowest BCUT2D eigenvalue weighted by atomic mass is 10.1. The normalized spacial score (nSPS) is 14.4. The van der Waals surface area contributed by atoms with Crippen LogP contribution in [0.15, 0.2) is 77.6 Å². The third kappa shape index (κ3) is 4.36. The van der Waals surface area contributed by atoms with Gasteiger partial charge in [-0.2, -0.15) is 9.50 Å². The number of nitrogens with zero attached hydrogens (tertiary/aromatic N) is 4. The summed E-state index contributed by atoms with van der Waals surface area (Å²) in [6.45, 7) is 3.16. The number of carbonyl (C=O) groups excluding carboxylic acids is 1. The van der Waals surface area contributed by atoms with Gasteiger partial charge in [-0.1, -0.05) is 66.6 Å². The van der Waals surface area contributed by atoms with E-state index >= 15 is 0 Å². The third-order valence-electron chi connectivity index (χ3n) is 6.44. The number of rotatable bonds is 7. The van der Waals surface area contributed by atoms with Gasteiger partial charge in [-0.25, -0.2) is 0 Å². The maximum Gasteiger partial charge on any atom is 0.291 e. The number of carbonyl (C=O) groups is 1. The molecule has 1 aliphatic heterocycles. The fourth-order valence-electron chi connectivity index (χ4n) is 4.47. The fourth-order valence-corrected chi connectivity index (χ4v) is 5.59. The van der Waals surface area contributed by atoms with Crippen molar-refractivity contribution >= 4 is 45.1 Å². The fraction of sp³-hybridized carbons (Fsp3) is 0.172. The van der Waals surface area contributed by atoms with Gasteiger partial charge in [0, 0.05) is 16.1 Å². The van der Waals surface area contributed by atoms with Crippen molar-refractivity contribution in [2.24, 2.45) is 0 Å². The van der Waals surface area contributed by atoms with E-state index in [0.29, 0.717) is 39.1 Å². The summed E-state index contributed by atoms with van der Waals surface area (Å²) in [5.74, 6) is 1.02. The minimum absolute atomic E-state index is 0.221. The van der Waals surface area contributed by atoms with Crippen LogP contribution in [0.5, 0.6) is 5.75 Å². The van der Waals surface area contributed by atoms with Crippen molar-refractivity contribution in [2.45, 2.75) is 26.3 Å². The molecule has 0 saturated heterocycles. The number of para-hydroxylation sites is 1. The SMILES string of the molecule is CCCCOc1ccc(-c2nc3s/c(=C4\C(=O)N(Cc5ccc(Cl)cc5)c5ccccc54)c(=O)n3n2)cc1. The van der Waals surface area contributed by atoms with Gasteiger partial charge in [-0.15, -0.1) is 5.10 Å². The van der Waals surface area contributed by atoms with Crippen LogP contribution in [0.25, 0.3) is 21.9 Å². The minimum atomic E-state index is -0.352. The standard InChI is InChI=1S/C29H23ClN4O3S/c1-2-3-16-37-21-14-10-19(11-15-21)26-31-29-34(32-26)28(36)25(38-29)24-22-6-4-5-7-23(22)33(27(24)35)17-18-8-12-20(30)13-9-18/h4-15H,2-3,16-17H2,1H3/b25-24-. The molecule has 0 radical (unpaired) electrons. The molecule has 0 aliphatic carbocycles. The highest BCUT2D eigenvalue weighted by molar-refractivity contribution is 7.15. The second kappa shape index (κ2) is 10.0. The topological polar surface area (TPSA) is 76.8 Å². The summed E-state index contributed by atoms with van der Waals surface area (Å²) in [6, 6.07) is 22.4. The van der Waals surface area contributed by atoms with Crippen LogP contribution in [0.1, 0.15) is 30.9 Å². The molecule has 1 amide bonds. The van der Waals surface area contributed by atoms with Gasteiger partial charge in [-0.05, 0) is 54.4 Å². The lowest BCUT2D eigenvalue weighted by Gasteiger charge is -2.17. The number of anilines is 1. The van der Waals surface area contributed by atoms with Gasteiger partial charge >= 0.3 is 0 Å². The summed E-state index contributed by atoms with van der Waals surface area (Å²) >= 11 is 7.21. The molecule has 0 bridgehead atoms. The van der Waals surface area contributed by atoms with E-state index in [2.05, 4.69) is 17.0 Å². The molecule has 0 spiro atoms. The van der Waals surface area contributed by atoms with E-state index in [1.807, 2.05) is 60.7 Å². The monoisotopic (exact) mass is 542 g/mol. The molecule has 3 heterocycles. The van der Waals surface area contributed by atoms with Gasteiger partial charge in [0.25, 0.3) is 11.5 Å². The summed E-state index contributed by atoms with van der Waals surface area (Å²) in [6.07, 6.45) is 2.07. The summed E-state index contributed by atoms with van der Waals surface area (Å²) in [4.78, 5) is 33.9. The van der Waals surface area contributed by atoms with Crippen LogP contribution >= 0.6 is 22.9 Å². The number of hydrogen-bond donors (Lipinski definition) is 0. The first-order valence-electron chi connectivity index (χ1n) is 12.4. The number of amides is 1. The number of thiazole rings is 1. The zero-order valence-electron chi connectivity index (χ0n) is 20.6. The Bertz CT molecular complexity index is 1760. The number of aromatic nitrogens is 3. The Hall–Kier alpha value is -4.01. The Balaban J connectivity index is 1.36. The molecule has 9 heteroatoms. The number of hydrogen-bond acceptors (Lipinski definition) is 6. The summed E-state index contributed by atoms with van der Waals surface area (Å²) in [7, 11) is 0. The molecular weight excluding hydrogens is 520 g/mol. The molecule has 0 N–H and O–H groups in total. The summed E-state index contributed by atoms with van der Waals surface area (Å²) in [5.41, 5.74) is 3.25.